The van der Waals surface area contributed by atoms with E-state index in [1.807, 2.05) is 0 Å². The highest BCUT2D eigenvalue weighted by atomic mass is 32.1. The van der Waals surface area contributed by atoms with Crippen LogP contribution in [-0.4, -0.2) is 20.4 Å². The summed E-state index contributed by atoms with van der Waals surface area (Å²) in [7, 11) is 1.02. The lowest BCUT2D eigenvalue weighted by atomic mass is 10.00. The average molecular weight is 188 g/mol. The van der Waals surface area contributed by atoms with E-state index in [4.69, 9.17) is 12.2 Å². The van der Waals surface area contributed by atoms with Crippen molar-refractivity contribution in [2.75, 3.05) is 0 Å². The Labute approximate surface area is 76.6 Å². The van der Waals surface area contributed by atoms with Crippen LogP contribution in [0.15, 0.2) is 0 Å². The standard InChI is InChI=1S/C8H16OSSi/c9-7(10)8(11)5-3-1-2-4-6-8/h1-6H2,11H3,(H,9,10). The largest absolute Gasteiger partial charge is 0.502 e. The van der Waals surface area contributed by atoms with E-state index in [2.05, 4.69) is 0 Å². The highest BCUT2D eigenvalue weighted by molar-refractivity contribution is 7.80. The Bertz CT molecular complexity index is 150. The van der Waals surface area contributed by atoms with Crippen molar-refractivity contribution >= 4 is 27.5 Å². The van der Waals surface area contributed by atoms with E-state index >= 15 is 0 Å². The van der Waals surface area contributed by atoms with Crippen molar-refractivity contribution in [2.24, 2.45) is 0 Å². The molecule has 0 unspecified atom stereocenters. The third-order valence-electron chi connectivity index (χ3n) is 2.72. The molecule has 1 saturated carbocycles. The summed E-state index contributed by atoms with van der Waals surface area (Å²) < 4.78 is 0. The minimum Gasteiger partial charge on any atom is -0.502 e. The van der Waals surface area contributed by atoms with Crippen molar-refractivity contribution in [2.45, 2.75) is 43.6 Å². The van der Waals surface area contributed by atoms with Gasteiger partial charge in [0.05, 0.1) is 0 Å². The van der Waals surface area contributed by atoms with Gasteiger partial charge in [-0.1, -0.05) is 25.7 Å². The van der Waals surface area contributed by atoms with Crippen molar-refractivity contribution in [3.8, 4) is 0 Å². The van der Waals surface area contributed by atoms with Crippen molar-refractivity contribution in [3.63, 3.8) is 0 Å². The Kier molecular flexibility index (Phi) is 3.07. The predicted molar refractivity (Wildman–Crippen MR) is 55.6 cm³/mol. The number of rotatable bonds is 1. The van der Waals surface area contributed by atoms with Gasteiger partial charge in [0.1, 0.15) is 0 Å². The molecule has 0 amide bonds. The molecule has 1 aliphatic carbocycles. The Morgan fingerprint density at radius 2 is 1.64 bits per heavy atom. The fraction of sp³-hybridized carbons (Fsp3) is 0.875. The molecule has 0 atom stereocenters. The van der Waals surface area contributed by atoms with Crippen molar-refractivity contribution in [1.82, 2.24) is 0 Å². The quantitative estimate of drug-likeness (QED) is 0.384. The van der Waals surface area contributed by atoms with Crippen LogP contribution in [0, 0.1) is 0 Å². The molecule has 0 radical (unpaired) electrons. The Morgan fingerprint density at radius 3 is 2.00 bits per heavy atom. The summed E-state index contributed by atoms with van der Waals surface area (Å²) in [5, 5.41) is 9.70. The van der Waals surface area contributed by atoms with Crippen LogP contribution in [-0.2, 0) is 0 Å². The maximum absolute atomic E-state index is 9.33. The smallest absolute Gasteiger partial charge is 0.158 e. The summed E-state index contributed by atoms with van der Waals surface area (Å²) >= 11 is 4.88. The third kappa shape index (κ3) is 2.27. The summed E-state index contributed by atoms with van der Waals surface area (Å²) in [6.07, 6.45) is 7.43. The third-order valence-corrected chi connectivity index (χ3v) is 5.05. The second kappa shape index (κ2) is 3.67. The summed E-state index contributed by atoms with van der Waals surface area (Å²) in [4.78, 5) is 0. The van der Waals surface area contributed by atoms with E-state index in [-0.39, 0.29) is 10.1 Å². The molecule has 0 bridgehead atoms. The molecule has 1 nitrogen and oxygen atoms in total. The summed E-state index contributed by atoms with van der Waals surface area (Å²) in [6.45, 7) is 0. The van der Waals surface area contributed by atoms with E-state index in [0.29, 0.717) is 0 Å². The predicted octanol–water partition coefficient (Wildman–Crippen LogP) is 1.75. The first-order chi connectivity index (χ1) is 5.15. The van der Waals surface area contributed by atoms with Gasteiger partial charge in [0.15, 0.2) is 5.05 Å². The number of hydrogen-bond donors (Lipinski definition) is 1. The zero-order valence-electron chi connectivity index (χ0n) is 7.10. The van der Waals surface area contributed by atoms with E-state index < -0.39 is 0 Å². The number of aliphatic hydroxyl groups is 1. The van der Waals surface area contributed by atoms with Crippen LogP contribution >= 0.6 is 12.2 Å². The number of aliphatic hydroxyl groups excluding tert-OH is 1. The SMILES string of the molecule is OC(=S)C1([SiH3])CCCCCC1. The zero-order valence-corrected chi connectivity index (χ0v) is 9.91. The lowest BCUT2D eigenvalue weighted by Crippen LogP contribution is -2.21. The van der Waals surface area contributed by atoms with Gasteiger partial charge in [0, 0.05) is 15.3 Å². The normalized spacial score (nSPS) is 24.4. The first kappa shape index (κ1) is 9.20. The van der Waals surface area contributed by atoms with E-state index in [1.165, 1.54) is 25.7 Å². The Morgan fingerprint density at radius 1 is 1.18 bits per heavy atom. The van der Waals surface area contributed by atoms with Crippen LogP contribution in [0.2, 0.25) is 5.04 Å². The maximum Gasteiger partial charge on any atom is 0.158 e. The first-order valence-electron chi connectivity index (χ1n) is 4.38. The lowest BCUT2D eigenvalue weighted by molar-refractivity contribution is 0.477. The highest BCUT2D eigenvalue weighted by Gasteiger charge is 2.29. The molecule has 1 aliphatic rings. The van der Waals surface area contributed by atoms with E-state index in [0.717, 1.165) is 23.1 Å². The van der Waals surface area contributed by atoms with Gasteiger partial charge >= 0.3 is 0 Å². The molecule has 3 heteroatoms. The lowest BCUT2D eigenvalue weighted by Gasteiger charge is -2.24. The fourth-order valence-electron chi connectivity index (χ4n) is 1.72. The van der Waals surface area contributed by atoms with Crippen molar-refractivity contribution < 1.29 is 5.11 Å². The zero-order chi connectivity index (χ0) is 8.32. The molecular formula is C8H16OSSi. The van der Waals surface area contributed by atoms with Gasteiger partial charge in [0.25, 0.3) is 0 Å². The highest BCUT2D eigenvalue weighted by Crippen LogP contribution is 2.39. The molecule has 1 fully saturated rings. The van der Waals surface area contributed by atoms with E-state index in [9.17, 15) is 5.11 Å². The monoisotopic (exact) mass is 188 g/mol. The second-order valence-electron chi connectivity index (χ2n) is 3.78. The Balaban J connectivity index is 2.59. The molecule has 64 valence electrons. The summed E-state index contributed by atoms with van der Waals surface area (Å²) in [5.74, 6) is 0. The fourth-order valence-corrected chi connectivity index (χ4v) is 2.63. The summed E-state index contributed by atoms with van der Waals surface area (Å²) in [5.41, 5.74) is 0. The molecule has 0 heterocycles. The minimum absolute atomic E-state index is 0.0891. The van der Waals surface area contributed by atoms with Gasteiger partial charge in [-0.2, -0.15) is 0 Å². The molecule has 1 N–H and O–H groups in total. The van der Waals surface area contributed by atoms with Gasteiger partial charge < -0.3 is 5.11 Å². The molecule has 0 aromatic rings. The average Bonchev–Trinajstić information content (AvgIpc) is 2.15. The van der Waals surface area contributed by atoms with Gasteiger partial charge in [-0.3, -0.25) is 0 Å². The molecular weight excluding hydrogens is 172 g/mol. The van der Waals surface area contributed by atoms with Gasteiger partial charge in [0.2, 0.25) is 0 Å². The van der Waals surface area contributed by atoms with Gasteiger partial charge in [-0.05, 0) is 25.1 Å². The van der Waals surface area contributed by atoms with Crippen LogP contribution < -0.4 is 0 Å². The van der Waals surface area contributed by atoms with Crippen molar-refractivity contribution in [3.05, 3.63) is 0 Å². The van der Waals surface area contributed by atoms with Gasteiger partial charge in [-0.25, -0.2) is 0 Å². The van der Waals surface area contributed by atoms with Crippen LogP contribution in [0.1, 0.15) is 38.5 Å². The summed E-state index contributed by atoms with van der Waals surface area (Å²) in [6, 6.07) is 0. The molecule has 11 heavy (non-hydrogen) atoms. The molecule has 0 saturated heterocycles. The Hall–Kier alpha value is 0.107. The molecule has 0 aromatic heterocycles. The molecule has 0 aliphatic heterocycles. The van der Waals surface area contributed by atoms with Gasteiger partial charge in [-0.15, -0.1) is 0 Å². The van der Waals surface area contributed by atoms with Crippen LogP contribution in [0.4, 0.5) is 0 Å². The second-order valence-corrected chi connectivity index (χ2v) is 6.08. The minimum atomic E-state index is 0.0891. The molecule has 1 rings (SSSR count). The van der Waals surface area contributed by atoms with Crippen LogP contribution in [0.25, 0.3) is 0 Å². The van der Waals surface area contributed by atoms with Crippen LogP contribution in [0.5, 0.6) is 0 Å². The molecule has 0 spiro atoms. The van der Waals surface area contributed by atoms with Crippen LogP contribution in [0.3, 0.4) is 0 Å². The molecule has 0 aromatic carbocycles. The van der Waals surface area contributed by atoms with Crippen molar-refractivity contribution in [1.29, 1.82) is 0 Å². The topological polar surface area (TPSA) is 20.2 Å². The first-order valence-corrected chi connectivity index (χ1v) is 5.79. The number of thiocarbonyl (C=S) groups is 1. The maximum atomic E-state index is 9.33. The number of hydrogen-bond acceptors (Lipinski definition) is 1. The van der Waals surface area contributed by atoms with E-state index in [1.54, 1.807) is 0 Å².